The second kappa shape index (κ2) is 6.67. The molecule has 0 saturated carbocycles. The third kappa shape index (κ3) is 4.90. The highest BCUT2D eigenvalue weighted by molar-refractivity contribution is 7.89. The van der Waals surface area contributed by atoms with E-state index in [1.54, 1.807) is 7.11 Å². The van der Waals surface area contributed by atoms with Crippen LogP contribution in [0.2, 0.25) is 0 Å². The van der Waals surface area contributed by atoms with Gasteiger partial charge in [-0.15, -0.1) is 0 Å². The van der Waals surface area contributed by atoms with Gasteiger partial charge in [0.1, 0.15) is 16.5 Å². The van der Waals surface area contributed by atoms with Crippen molar-refractivity contribution in [2.24, 2.45) is 5.41 Å². The first kappa shape index (κ1) is 17.8. The van der Waals surface area contributed by atoms with E-state index < -0.39 is 32.2 Å². The highest BCUT2D eigenvalue weighted by Crippen LogP contribution is 2.23. The largest absolute Gasteiger partial charge is 0.396 e. The average Bonchev–Trinajstić information content (AvgIpc) is 2.38. The Labute approximate surface area is 123 Å². The first-order chi connectivity index (χ1) is 9.59. The van der Waals surface area contributed by atoms with Gasteiger partial charge in [0.15, 0.2) is 0 Å². The third-order valence-electron chi connectivity index (χ3n) is 3.06. The molecular weight excluding hydrogens is 302 g/mol. The van der Waals surface area contributed by atoms with Crippen LogP contribution < -0.4 is 10.5 Å². The second-order valence-corrected chi connectivity index (χ2v) is 7.27. The van der Waals surface area contributed by atoms with E-state index in [4.69, 9.17) is 10.5 Å². The summed E-state index contributed by atoms with van der Waals surface area (Å²) in [5.74, 6) is -2.17. The molecule has 0 radical (unpaired) electrons. The lowest BCUT2D eigenvalue weighted by atomic mass is 9.90. The lowest BCUT2D eigenvalue weighted by molar-refractivity contribution is 0.153. The van der Waals surface area contributed by atoms with Crippen LogP contribution in [0.5, 0.6) is 0 Å². The van der Waals surface area contributed by atoms with Gasteiger partial charge in [-0.2, -0.15) is 0 Å². The quantitative estimate of drug-likeness (QED) is 0.751. The summed E-state index contributed by atoms with van der Waals surface area (Å²) in [5.41, 5.74) is 4.49. The van der Waals surface area contributed by atoms with Crippen molar-refractivity contribution in [3.63, 3.8) is 0 Å². The first-order valence-electron chi connectivity index (χ1n) is 6.32. The van der Waals surface area contributed by atoms with Crippen LogP contribution >= 0.6 is 0 Å². The molecule has 5 nitrogen and oxygen atoms in total. The Kier molecular flexibility index (Phi) is 5.66. The van der Waals surface area contributed by atoms with Crippen molar-refractivity contribution < 1.29 is 21.9 Å². The lowest BCUT2D eigenvalue weighted by Crippen LogP contribution is -2.35. The molecule has 1 rings (SSSR count). The number of anilines is 1. The van der Waals surface area contributed by atoms with E-state index in [0.29, 0.717) is 19.1 Å². The number of hydrogen-bond donors (Lipinski definition) is 2. The molecule has 0 aliphatic rings. The molecule has 1 aromatic carbocycles. The maximum Gasteiger partial charge on any atom is 0.243 e. The van der Waals surface area contributed by atoms with E-state index in [0.717, 1.165) is 6.07 Å². The minimum atomic E-state index is -4.10. The van der Waals surface area contributed by atoms with Crippen molar-refractivity contribution in [1.82, 2.24) is 4.72 Å². The summed E-state index contributed by atoms with van der Waals surface area (Å²) in [7, 11) is -2.55. The Morgan fingerprint density at radius 2 is 1.90 bits per heavy atom. The molecular formula is C13H20F2N2O3S. The molecule has 21 heavy (non-hydrogen) atoms. The highest BCUT2D eigenvalue weighted by atomic mass is 32.2. The van der Waals surface area contributed by atoms with Crippen molar-refractivity contribution in [3.8, 4) is 0 Å². The van der Waals surface area contributed by atoms with Gasteiger partial charge in [-0.1, -0.05) is 13.8 Å². The minimum Gasteiger partial charge on any atom is -0.396 e. The number of hydrogen-bond acceptors (Lipinski definition) is 4. The van der Waals surface area contributed by atoms with Gasteiger partial charge in [0.2, 0.25) is 10.0 Å². The Balaban J connectivity index is 2.90. The van der Waals surface area contributed by atoms with E-state index in [9.17, 15) is 17.2 Å². The number of nitrogens with one attached hydrogen (secondary N) is 1. The number of nitrogens with two attached hydrogens (primary N) is 1. The molecule has 0 amide bonds. The monoisotopic (exact) mass is 322 g/mol. The summed E-state index contributed by atoms with van der Waals surface area (Å²) in [6.45, 7) is 4.27. The van der Waals surface area contributed by atoms with E-state index in [2.05, 4.69) is 4.72 Å². The molecule has 0 spiro atoms. The number of halogens is 2. The van der Waals surface area contributed by atoms with Crippen LogP contribution in [-0.4, -0.2) is 28.7 Å². The highest BCUT2D eigenvalue weighted by Gasteiger charge is 2.25. The standard InChI is InChI=1S/C13H20F2N2O3S/c1-13(2,4-5-20-3)8-17-21(18,19)12-7-11(16)9(14)6-10(12)15/h6-7,17H,4-5,8,16H2,1-3H3. The zero-order chi connectivity index (χ0) is 16.3. The fraction of sp³-hybridized carbons (Fsp3) is 0.538. The molecule has 0 heterocycles. The van der Waals surface area contributed by atoms with Crippen LogP contribution in [-0.2, 0) is 14.8 Å². The van der Waals surface area contributed by atoms with Crippen molar-refractivity contribution in [2.45, 2.75) is 25.2 Å². The summed E-state index contributed by atoms with van der Waals surface area (Å²) in [6, 6.07) is 1.23. The average molecular weight is 322 g/mol. The van der Waals surface area contributed by atoms with Crippen LogP contribution in [0.1, 0.15) is 20.3 Å². The molecule has 0 aromatic heterocycles. The third-order valence-corrected chi connectivity index (χ3v) is 4.48. The summed E-state index contributed by atoms with van der Waals surface area (Å²) in [4.78, 5) is -0.663. The summed E-state index contributed by atoms with van der Waals surface area (Å²) < 4.78 is 58.1. The number of sulfonamides is 1. The smallest absolute Gasteiger partial charge is 0.243 e. The molecule has 0 aliphatic heterocycles. The van der Waals surface area contributed by atoms with Crippen LogP contribution in [0.15, 0.2) is 17.0 Å². The molecule has 1 aromatic rings. The molecule has 0 unspecified atom stereocenters. The predicted octanol–water partition coefficient (Wildman–Crippen LogP) is 1.89. The zero-order valence-electron chi connectivity index (χ0n) is 12.2. The van der Waals surface area contributed by atoms with E-state index in [1.165, 1.54) is 0 Å². The second-order valence-electron chi connectivity index (χ2n) is 5.54. The van der Waals surface area contributed by atoms with Gasteiger partial charge in [-0.25, -0.2) is 21.9 Å². The van der Waals surface area contributed by atoms with Gasteiger partial charge in [0, 0.05) is 26.3 Å². The number of nitrogen functional groups attached to an aromatic ring is 1. The van der Waals surface area contributed by atoms with Gasteiger partial charge >= 0.3 is 0 Å². The number of benzene rings is 1. The first-order valence-corrected chi connectivity index (χ1v) is 7.80. The Hall–Kier alpha value is -1.25. The number of methoxy groups -OCH3 is 1. The molecule has 8 heteroatoms. The molecule has 0 bridgehead atoms. The number of rotatable bonds is 7. The minimum absolute atomic E-state index is 0.0927. The van der Waals surface area contributed by atoms with Gasteiger partial charge in [0.05, 0.1) is 5.69 Å². The van der Waals surface area contributed by atoms with Gasteiger partial charge in [-0.05, 0) is 17.9 Å². The van der Waals surface area contributed by atoms with Gasteiger partial charge in [0.25, 0.3) is 0 Å². The summed E-state index contributed by atoms with van der Waals surface area (Å²) >= 11 is 0. The molecule has 3 N–H and O–H groups in total. The van der Waals surface area contributed by atoms with Crippen molar-refractivity contribution in [3.05, 3.63) is 23.8 Å². The lowest BCUT2D eigenvalue weighted by Gasteiger charge is -2.24. The zero-order valence-corrected chi connectivity index (χ0v) is 13.1. The fourth-order valence-corrected chi connectivity index (χ4v) is 2.92. The maximum atomic E-state index is 13.6. The predicted molar refractivity (Wildman–Crippen MR) is 76.2 cm³/mol. The van der Waals surface area contributed by atoms with Crippen molar-refractivity contribution in [2.75, 3.05) is 26.0 Å². The van der Waals surface area contributed by atoms with E-state index in [1.807, 2.05) is 13.8 Å². The molecule has 0 fully saturated rings. The van der Waals surface area contributed by atoms with Gasteiger partial charge < -0.3 is 10.5 Å². The van der Waals surface area contributed by atoms with Crippen LogP contribution in [0, 0.1) is 17.0 Å². The van der Waals surface area contributed by atoms with Crippen LogP contribution in [0.25, 0.3) is 0 Å². The molecule has 0 atom stereocenters. The topological polar surface area (TPSA) is 81.4 Å². The molecule has 0 aliphatic carbocycles. The van der Waals surface area contributed by atoms with E-state index >= 15 is 0 Å². The number of ether oxygens (including phenoxy) is 1. The Bertz CT molecular complexity index is 604. The SMILES string of the molecule is COCCC(C)(C)CNS(=O)(=O)c1cc(N)c(F)cc1F. The van der Waals surface area contributed by atoms with Crippen LogP contribution in [0.4, 0.5) is 14.5 Å². The maximum absolute atomic E-state index is 13.6. The normalized spacial score (nSPS) is 12.6. The van der Waals surface area contributed by atoms with Crippen molar-refractivity contribution in [1.29, 1.82) is 0 Å². The molecule has 120 valence electrons. The van der Waals surface area contributed by atoms with Crippen LogP contribution in [0.3, 0.4) is 0 Å². The van der Waals surface area contributed by atoms with Gasteiger partial charge in [-0.3, -0.25) is 0 Å². The fourth-order valence-electron chi connectivity index (χ4n) is 1.59. The summed E-state index contributed by atoms with van der Waals surface area (Å²) in [5, 5.41) is 0. The van der Waals surface area contributed by atoms with Crippen molar-refractivity contribution >= 4 is 15.7 Å². The van der Waals surface area contributed by atoms with E-state index in [-0.39, 0.29) is 12.0 Å². The molecule has 0 saturated heterocycles. The Morgan fingerprint density at radius 3 is 2.48 bits per heavy atom. The summed E-state index contributed by atoms with van der Waals surface area (Å²) in [6.07, 6.45) is 0.625. The Morgan fingerprint density at radius 1 is 1.29 bits per heavy atom.